The standard InChI is InChI=1S/C10H9Cl2NO/c1-6(2)13-10(14)8-5-7(11)3-4-9(8)12/h3-5H,1H2,2H3,(H,13,14). The van der Waals surface area contributed by atoms with Gasteiger partial charge < -0.3 is 5.32 Å². The van der Waals surface area contributed by atoms with Crippen molar-refractivity contribution in [2.24, 2.45) is 0 Å². The molecule has 1 N–H and O–H groups in total. The van der Waals surface area contributed by atoms with E-state index in [1.165, 1.54) is 6.07 Å². The number of carbonyl (C=O) groups excluding carboxylic acids is 1. The Morgan fingerprint density at radius 3 is 2.64 bits per heavy atom. The van der Waals surface area contributed by atoms with Crippen molar-refractivity contribution < 1.29 is 4.79 Å². The number of nitrogens with one attached hydrogen (secondary N) is 1. The van der Waals surface area contributed by atoms with E-state index < -0.39 is 0 Å². The second-order valence-electron chi connectivity index (χ2n) is 2.86. The Hall–Kier alpha value is -0.990. The first-order chi connectivity index (χ1) is 6.50. The molecule has 1 amide bonds. The van der Waals surface area contributed by atoms with Crippen LogP contribution >= 0.6 is 23.2 Å². The molecule has 1 rings (SSSR count). The van der Waals surface area contributed by atoms with Crippen LogP contribution in [0.25, 0.3) is 0 Å². The number of allylic oxidation sites excluding steroid dienone is 1. The second-order valence-corrected chi connectivity index (χ2v) is 3.70. The average molecular weight is 230 g/mol. The fourth-order valence-corrected chi connectivity index (χ4v) is 1.31. The third-order valence-corrected chi connectivity index (χ3v) is 2.06. The molecule has 0 bridgehead atoms. The molecule has 74 valence electrons. The molecule has 0 atom stereocenters. The molecule has 0 aliphatic rings. The highest BCUT2D eigenvalue weighted by Gasteiger charge is 2.10. The Morgan fingerprint density at radius 2 is 2.07 bits per heavy atom. The summed E-state index contributed by atoms with van der Waals surface area (Å²) in [6.45, 7) is 5.26. The molecule has 1 aromatic carbocycles. The maximum Gasteiger partial charge on any atom is 0.256 e. The Balaban J connectivity index is 3.00. The lowest BCUT2D eigenvalue weighted by Crippen LogP contribution is -2.20. The minimum atomic E-state index is -0.301. The molecule has 4 heteroatoms. The predicted molar refractivity (Wildman–Crippen MR) is 58.7 cm³/mol. The summed E-state index contributed by atoms with van der Waals surface area (Å²) >= 11 is 11.6. The second kappa shape index (κ2) is 4.49. The molecule has 0 fully saturated rings. The van der Waals surface area contributed by atoms with E-state index in [0.717, 1.165) is 0 Å². The van der Waals surface area contributed by atoms with Crippen LogP contribution in [0.3, 0.4) is 0 Å². The minimum Gasteiger partial charge on any atom is -0.327 e. The Labute approximate surface area is 92.5 Å². The summed E-state index contributed by atoms with van der Waals surface area (Å²) in [7, 11) is 0. The summed E-state index contributed by atoms with van der Waals surface area (Å²) < 4.78 is 0. The number of hydrogen-bond acceptors (Lipinski definition) is 1. The van der Waals surface area contributed by atoms with Gasteiger partial charge in [-0.25, -0.2) is 0 Å². The van der Waals surface area contributed by atoms with E-state index >= 15 is 0 Å². The molecule has 0 unspecified atom stereocenters. The van der Waals surface area contributed by atoms with Crippen LogP contribution in [0.4, 0.5) is 0 Å². The van der Waals surface area contributed by atoms with Gasteiger partial charge >= 0.3 is 0 Å². The molecule has 1 aromatic rings. The SMILES string of the molecule is C=C(C)NC(=O)c1cc(Cl)ccc1Cl. The fourth-order valence-electron chi connectivity index (χ4n) is 0.933. The normalized spacial score (nSPS) is 9.64. The third kappa shape index (κ3) is 2.76. The summed E-state index contributed by atoms with van der Waals surface area (Å²) in [5, 5.41) is 3.39. The Kier molecular flexibility index (Phi) is 3.55. The number of amides is 1. The Morgan fingerprint density at radius 1 is 1.43 bits per heavy atom. The van der Waals surface area contributed by atoms with E-state index in [1.807, 2.05) is 0 Å². The quantitative estimate of drug-likeness (QED) is 0.829. The van der Waals surface area contributed by atoms with Crippen LogP contribution in [0.2, 0.25) is 10.0 Å². The van der Waals surface area contributed by atoms with Crippen LogP contribution in [-0.4, -0.2) is 5.91 Å². The van der Waals surface area contributed by atoms with E-state index in [2.05, 4.69) is 11.9 Å². The van der Waals surface area contributed by atoms with E-state index in [-0.39, 0.29) is 5.91 Å². The van der Waals surface area contributed by atoms with Gasteiger partial charge in [-0.3, -0.25) is 4.79 Å². The molecule has 14 heavy (non-hydrogen) atoms. The number of benzene rings is 1. The summed E-state index contributed by atoms with van der Waals surface area (Å²) in [6.07, 6.45) is 0. The Bertz CT molecular complexity index is 388. The summed E-state index contributed by atoms with van der Waals surface area (Å²) in [5.74, 6) is -0.301. The van der Waals surface area contributed by atoms with Gasteiger partial charge in [-0.2, -0.15) is 0 Å². The molecule has 0 aromatic heterocycles. The lowest BCUT2D eigenvalue weighted by molar-refractivity contribution is 0.0966. The van der Waals surface area contributed by atoms with Gasteiger partial charge in [0.2, 0.25) is 0 Å². The topological polar surface area (TPSA) is 29.1 Å². The van der Waals surface area contributed by atoms with Gasteiger partial charge in [0.25, 0.3) is 5.91 Å². The van der Waals surface area contributed by atoms with Crippen molar-refractivity contribution in [1.82, 2.24) is 5.32 Å². The van der Waals surface area contributed by atoms with Gasteiger partial charge in [-0.1, -0.05) is 29.8 Å². The van der Waals surface area contributed by atoms with Crippen LogP contribution in [0.5, 0.6) is 0 Å². The highest BCUT2D eigenvalue weighted by molar-refractivity contribution is 6.35. The first kappa shape index (κ1) is 11.1. The maximum absolute atomic E-state index is 11.5. The van der Waals surface area contributed by atoms with Crippen molar-refractivity contribution in [3.63, 3.8) is 0 Å². The van der Waals surface area contributed by atoms with Crippen molar-refractivity contribution in [1.29, 1.82) is 0 Å². The molecule has 0 saturated carbocycles. The molecular weight excluding hydrogens is 221 g/mol. The molecular formula is C10H9Cl2NO. The predicted octanol–water partition coefficient (Wildman–Crippen LogP) is 3.26. The van der Waals surface area contributed by atoms with Crippen molar-refractivity contribution in [3.05, 3.63) is 46.1 Å². The lowest BCUT2D eigenvalue weighted by atomic mass is 10.2. The van der Waals surface area contributed by atoms with Crippen LogP contribution in [-0.2, 0) is 0 Å². The zero-order valence-corrected chi connectivity index (χ0v) is 9.12. The highest BCUT2D eigenvalue weighted by atomic mass is 35.5. The summed E-state index contributed by atoms with van der Waals surface area (Å²) in [4.78, 5) is 11.5. The molecule has 0 aliphatic heterocycles. The fraction of sp³-hybridized carbons (Fsp3) is 0.100. The van der Waals surface area contributed by atoms with Gasteiger partial charge in [0.15, 0.2) is 0 Å². The van der Waals surface area contributed by atoms with Gasteiger partial charge in [0.05, 0.1) is 10.6 Å². The van der Waals surface area contributed by atoms with Crippen molar-refractivity contribution >= 4 is 29.1 Å². The van der Waals surface area contributed by atoms with E-state index in [0.29, 0.717) is 21.3 Å². The smallest absolute Gasteiger partial charge is 0.256 e. The first-order valence-corrected chi connectivity index (χ1v) is 4.68. The molecule has 0 aliphatic carbocycles. The largest absolute Gasteiger partial charge is 0.327 e. The monoisotopic (exact) mass is 229 g/mol. The lowest BCUT2D eigenvalue weighted by Gasteiger charge is -2.05. The van der Waals surface area contributed by atoms with Crippen LogP contribution in [0, 0.1) is 0 Å². The van der Waals surface area contributed by atoms with Gasteiger partial charge in [0.1, 0.15) is 0 Å². The van der Waals surface area contributed by atoms with Gasteiger partial charge in [0, 0.05) is 10.7 Å². The van der Waals surface area contributed by atoms with Crippen LogP contribution in [0.15, 0.2) is 30.5 Å². The number of carbonyl (C=O) groups is 1. The van der Waals surface area contributed by atoms with E-state index in [9.17, 15) is 4.79 Å². The molecule has 0 radical (unpaired) electrons. The number of halogens is 2. The van der Waals surface area contributed by atoms with E-state index in [1.54, 1.807) is 19.1 Å². The van der Waals surface area contributed by atoms with Gasteiger partial charge in [-0.05, 0) is 25.1 Å². The highest BCUT2D eigenvalue weighted by Crippen LogP contribution is 2.20. The summed E-state index contributed by atoms with van der Waals surface area (Å²) in [5.41, 5.74) is 0.910. The third-order valence-electron chi connectivity index (χ3n) is 1.50. The minimum absolute atomic E-state index is 0.301. The first-order valence-electron chi connectivity index (χ1n) is 3.92. The molecule has 2 nitrogen and oxygen atoms in total. The number of hydrogen-bond donors (Lipinski definition) is 1. The van der Waals surface area contributed by atoms with E-state index in [4.69, 9.17) is 23.2 Å². The molecule has 0 spiro atoms. The molecule has 0 saturated heterocycles. The van der Waals surface area contributed by atoms with Crippen LogP contribution in [0.1, 0.15) is 17.3 Å². The number of rotatable bonds is 2. The summed E-state index contributed by atoms with van der Waals surface area (Å²) in [6, 6.07) is 4.72. The van der Waals surface area contributed by atoms with Crippen molar-refractivity contribution in [2.75, 3.05) is 0 Å². The molecule has 0 heterocycles. The maximum atomic E-state index is 11.5. The van der Waals surface area contributed by atoms with Crippen molar-refractivity contribution in [3.8, 4) is 0 Å². The van der Waals surface area contributed by atoms with Crippen LogP contribution < -0.4 is 5.32 Å². The zero-order chi connectivity index (χ0) is 10.7. The van der Waals surface area contributed by atoms with Gasteiger partial charge in [-0.15, -0.1) is 0 Å². The zero-order valence-electron chi connectivity index (χ0n) is 7.60. The van der Waals surface area contributed by atoms with Crippen molar-refractivity contribution in [2.45, 2.75) is 6.92 Å². The average Bonchev–Trinajstić information content (AvgIpc) is 2.08.